The van der Waals surface area contributed by atoms with Crippen LogP contribution in [0.3, 0.4) is 0 Å². The van der Waals surface area contributed by atoms with Gasteiger partial charge in [0.05, 0.1) is 18.4 Å². The third kappa shape index (κ3) is 7.21. The van der Waals surface area contributed by atoms with Gasteiger partial charge in [0.1, 0.15) is 6.61 Å². The zero-order valence-electron chi connectivity index (χ0n) is 20.1. The standard InChI is InChI=1S/C28H27F3N2O3/c1-4-7-22-14-21(17-32-33-27(34)23-8-6-9-24(16-23)28(29,30)31)15-25(35-5-2)26(22)36-18-20-12-10-19(3)11-13-20/h4,6,8-17H,1,5,7,18H2,2-3H3,(H,33,34)/b32-17-. The lowest BCUT2D eigenvalue weighted by Crippen LogP contribution is -2.18. The van der Waals surface area contributed by atoms with Crippen molar-refractivity contribution < 1.29 is 27.4 Å². The van der Waals surface area contributed by atoms with Crippen LogP contribution in [0.2, 0.25) is 0 Å². The van der Waals surface area contributed by atoms with E-state index in [1.165, 1.54) is 18.3 Å². The van der Waals surface area contributed by atoms with Crippen molar-refractivity contribution in [1.29, 1.82) is 0 Å². The first kappa shape index (κ1) is 26.5. The number of allylic oxidation sites excluding steroid dienone is 1. The van der Waals surface area contributed by atoms with Gasteiger partial charge in [-0.1, -0.05) is 42.0 Å². The van der Waals surface area contributed by atoms with E-state index >= 15 is 0 Å². The highest BCUT2D eigenvalue weighted by Gasteiger charge is 2.30. The Bertz CT molecular complexity index is 1240. The summed E-state index contributed by atoms with van der Waals surface area (Å²) in [6, 6.07) is 15.7. The topological polar surface area (TPSA) is 59.9 Å². The second-order valence-corrected chi connectivity index (χ2v) is 7.99. The quantitative estimate of drug-likeness (QED) is 0.198. The maximum atomic E-state index is 12.9. The van der Waals surface area contributed by atoms with E-state index in [0.717, 1.165) is 28.8 Å². The molecule has 3 aromatic rings. The average Bonchev–Trinajstić information content (AvgIpc) is 2.84. The molecule has 0 radical (unpaired) electrons. The molecule has 3 rings (SSSR count). The molecular weight excluding hydrogens is 469 g/mol. The predicted octanol–water partition coefficient (Wildman–Crippen LogP) is 6.48. The van der Waals surface area contributed by atoms with Gasteiger partial charge < -0.3 is 9.47 Å². The summed E-state index contributed by atoms with van der Waals surface area (Å²) in [5.41, 5.74) is 4.80. The summed E-state index contributed by atoms with van der Waals surface area (Å²) in [6.07, 6.45) is -0.911. The van der Waals surface area contributed by atoms with Crippen LogP contribution in [0.4, 0.5) is 13.2 Å². The number of nitrogens with one attached hydrogen (secondary N) is 1. The maximum absolute atomic E-state index is 12.9. The van der Waals surface area contributed by atoms with Crippen molar-refractivity contribution in [2.45, 2.75) is 33.1 Å². The van der Waals surface area contributed by atoms with Crippen LogP contribution in [-0.2, 0) is 19.2 Å². The summed E-state index contributed by atoms with van der Waals surface area (Å²) >= 11 is 0. The second-order valence-electron chi connectivity index (χ2n) is 7.99. The van der Waals surface area contributed by atoms with Gasteiger partial charge in [0.2, 0.25) is 0 Å². The molecule has 0 atom stereocenters. The van der Waals surface area contributed by atoms with Crippen LogP contribution in [-0.4, -0.2) is 18.7 Å². The third-order valence-electron chi connectivity index (χ3n) is 5.15. The van der Waals surface area contributed by atoms with Crippen molar-refractivity contribution in [3.05, 3.63) is 107 Å². The molecule has 0 heterocycles. The van der Waals surface area contributed by atoms with Crippen molar-refractivity contribution in [2.24, 2.45) is 5.10 Å². The van der Waals surface area contributed by atoms with Crippen LogP contribution in [0, 0.1) is 6.92 Å². The van der Waals surface area contributed by atoms with Crippen molar-refractivity contribution in [3.63, 3.8) is 0 Å². The fourth-order valence-electron chi connectivity index (χ4n) is 3.40. The highest BCUT2D eigenvalue weighted by atomic mass is 19.4. The van der Waals surface area contributed by atoms with Crippen molar-refractivity contribution in [1.82, 2.24) is 5.43 Å². The minimum absolute atomic E-state index is 0.149. The van der Waals surface area contributed by atoms with Crippen LogP contribution in [0.15, 0.2) is 78.4 Å². The number of hydrogen-bond acceptors (Lipinski definition) is 4. The first-order valence-corrected chi connectivity index (χ1v) is 11.3. The first-order valence-electron chi connectivity index (χ1n) is 11.3. The Morgan fingerprint density at radius 2 is 1.83 bits per heavy atom. The Morgan fingerprint density at radius 3 is 2.50 bits per heavy atom. The van der Waals surface area contributed by atoms with Gasteiger partial charge in [0.25, 0.3) is 5.91 Å². The van der Waals surface area contributed by atoms with Crippen molar-refractivity contribution in [2.75, 3.05) is 6.61 Å². The number of carbonyl (C=O) groups is 1. The number of amides is 1. The zero-order valence-corrected chi connectivity index (χ0v) is 20.1. The number of ether oxygens (including phenoxy) is 2. The number of carbonyl (C=O) groups excluding carboxylic acids is 1. The number of hydrazone groups is 1. The molecule has 0 fully saturated rings. The lowest BCUT2D eigenvalue weighted by molar-refractivity contribution is -0.137. The van der Waals surface area contributed by atoms with Crippen molar-refractivity contribution >= 4 is 12.1 Å². The largest absolute Gasteiger partial charge is 0.490 e. The molecule has 3 aromatic carbocycles. The predicted molar refractivity (Wildman–Crippen MR) is 134 cm³/mol. The Kier molecular flexibility index (Phi) is 8.89. The lowest BCUT2D eigenvalue weighted by Gasteiger charge is -2.17. The number of nitrogens with zero attached hydrogens (tertiary/aromatic N) is 1. The minimum atomic E-state index is -4.54. The molecule has 1 N–H and O–H groups in total. The van der Waals surface area contributed by atoms with E-state index in [4.69, 9.17) is 9.47 Å². The van der Waals surface area contributed by atoms with E-state index in [0.29, 0.717) is 36.7 Å². The first-order chi connectivity index (χ1) is 17.2. The molecule has 0 aliphatic rings. The molecular formula is C28H27F3N2O3. The van der Waals surface area contributed by atoms with E-state index < -0.39 is 17.6 Å². The molecule has 0 aliphatic carbocycles. The van der Waals surface area contributed by atoms with Gasteiger partial charge in [0.15, 0.2) is 11.5 Å². The van der Waals surface area contributed by atoms with Gasteiger partial charge in [-0.25, -0.2) is 5.43 Å². The number of halogens is 3. The molecule has 0 saturated heterocycles. The van der Waals surface area contributed by atoms with E-state index in [2.05, 4.69) is 17.1 Å². The van der Waals surface area contributed by atoms with Crippen LogP contribution in [0.25, 0.3) is 0 Å². The Balaban J connectivity index is 1.79. The Hall–Kier alpha value is -4.07. The van der Waals surface area contributed by atoms with Crippen LogP contribution >= 0.6 is 0 Å². The average molecular weight is 497 g/mol. The normalized spacial score (nSPS) is 11.4. The molecule has 36 heavy (non-hydrogen) atoms. The minimum Gasteiger partial charge on any atom is -0.490 e. The molecule has 0 spiro atoms. The number of rotatable bonds is 10. The van der Waals surface area contributed by atoms with Gasteiger partial charge in [0, 0.05) is 11.1 Å². The number of alkyl halides is 3. The molecule has 8 heteroatoms. The van der Waals surface area contributed by atoms with Gasteiger partial charge >= 0.3 is 6.18 Å². The summed E-state index contributed by atoms with van der Waals surface area (Å²) in [4.78, 5) is 12.3. The highest BCUT2D eigenvalue weighted by molar-refractivity contribution is 5.95. The molecule has 0 aromatic heterocycles. The molecule has 0 unspecified atom stereocenters. The fraction of sp³-hybridized carbons (Fsp3) is 0.214. The molecule has 1 amide bonds. The van der Waals surface area contributed by atoms with E-state index in [9.17, 15) is 18.0 Å². The van der Waals surface area contributed by atoms with Gasteiger partial charge in [-0.15, -0.1) is 6.58 Å². The summed E-state index contributed by atoms with van der Waals surface area (Å²) < 4.78 is 50.7. The summed E-state index contributed by atoms with van der Waals surface area (Å²) in [6.45, 7) is 8.43. The molecule has 5 nitrogen and oxygen atoms in total. The van der Waals surface area contributed by atoms with E-state index in [-0.39, 0.29) is 5.56 Å². The fourth-order valence-corrected chi connectivity index (χ4v) is 3.40. The van der Waals surface area contributed by atoms with Gasteiger partial charge in [-0.05, 0) is 61.7 Å². The van der Waals surface area contributed by atoms with Crippen LogP contribution < -0.4 is 14.9 Å². The lowest BCUT2D eigenvalue weighted by atomic mass is 10.1. The number of hydrogen-bond donors (Lipinski definition) is 1. The summed E-state index contributed by atoms with van der Waals surface area (Å²) in [5.74, 6) is 0.337. The second kappa shape index (κ2) is 12.1. The highest BCUT2D eigenvalue weighted by Crippen LogP contribution is 2.34. The number of aryl methyl sites for hydroxylation is 1. The maximum Gasteiger partial charge on any atom is 0.416 e. The van der Waals surface area contributed by atoms with Gasteiger partial charge in [-0.3, -0.25) is 4.79 Å². The Morgan fingerprint density at radius 1 is 1.08 bits per heavy atom. The molecule has 0 bridgehead atoms. The SMILES string of the molecule is C=CCc1cc(/C=N\NC(=O)c2cccc(C(F)(F)F)c2)cc(OCC)c1OCc1ccc(C)cc1. The Labute approximate surface area is 208 Å². The van der Waals surface area contributed by atoms with Gasteiger partial charge in [-0.2, -0.15) is 18.3 Å². The third-order valence-corrected chi connectivity index (χ3v) is 5.15. The smallest absolute Gasteiger partial charge is 0.416 e. The van der Waals surface area contributed by atoms with E-state index in [1.807, 2.05) is 44.2 Å². The van der Waals surface area contributed by atoms with Crippen molar-refractivity contribution in [3.8, 4) is 11.5 Å². The molecule has 0 saturated carbocycles. The summed E-state index contributed by atoms with van der Waals surface area (Å²) in [7, 11) is 0. The van der Waals surface area contributed by atoms with E-state index in [1.54, 1.807) is 12.1 Å². The van der Waals surface area contributed by atoms with Crippen LogP contribution in [0.5, 0.6) is 11.5 Å². The summed E-state index contributed by atoms with van der Waals surface area (Å²) in [5, 5.41) is 3.92. The zero-order chi connectivity index (χ0) is 26.1. The molecule has 188 valence electrons. The monoisotopic (exact) mass is 496 g/mol. The van der Waals surface area contributed by atoms with Crippen LogP contribution in [0.1, 0.15) is 45.1 Å². The molecule has 0 aliphatic heterocycles. The number of benzene rings is 3.